The molecule has 2 rings (SSSR count). The van der Waals surface area contributed by atoms with Gasteiger partial charge in [-0.1, -0.05) is 11.8 Å². The van der Waals surface area contributed by atoms with Gasteiger partial charge in [-0.2, -0.15) is 0 Å². The molecule has 2 heterocycles. The van der Waals surface area contributed by atoms with Gasteiger partial charge in [-0.05, 0) is 28.9 Å². The maximum atomic E-state index is 4.39. The molecule has 0 N–H and O–H groups in total. The van der Waals surface area contributed by atoms with E-state index in [4.69, 9.17) is 0 Å². The molecule has 0 radical (unpaired) electrons. The van der Waals surface area contributed by atoms with Crippen LogP contribution in [0.25, 0.3) is 0 Å². The van der Waals surface area contributed by atoms with Gasteiger partial charge < -0.3 is 0 Å². The van der Waals surface area contributed by atoms with E-state index in [0.29, 0.717) is 0 Å². The molecule has 0 saturated carbocycles. The topological polar surface area (TPSA) is 25.8 Å². The van der Waals surface area contributed by atoms with E-state index in [1.807, 2.05) is 13.0 Å². The van der Waals surface area contributed by atoms with Crippen molar-refractivity contribution in [3.05, 3.63) is 34.0 Å². The van der Waals surface area contributed by atoms with Crippen molar-refractivity contribution >= 4 is 39.0 Å². The number of hydrogen-bond acceptors (Lipinski definition) is 4. The second kappa shape index (κ2) is 4.42. The van der Waals surface area contributed by atoms with E-state index in [0.717, 1.165) is 19.4 Å². The summed E-state index contributed by atoms with van der Waals surface area (Å²) in [4.78, 5) is 9.55. The van der Waals surface area contributed by atoms with Crippen LogP contribution < -0.4 is 0 Å². The zero-order valence-electron chi connectivity index (χ0n) is 7.40. The Hall–Kier alpha value is -0.390. The summed E-state index contributed by atoms with van der Waals surface area (Å²) in [5, 5.41) is 2.05. The molecule has 0 spiro atoms. The zero-order chi connectivity index (χ0) is 9.97. The molecule has 0 aliphatic carbocycles. The first-order valence-corrected chi connectivity index (χ1v) is 6.44. The summed E-state index contributed by atoms with van der Waals surface area (Å²) in [6.07, 6.45) is 3.58. The van der Waals surface area contributed by atoms with Crippen LogP contribution in [-0.2, 0) is 0 Å². The largest absolute Gasteiger partial charge is 0.263 e. The first-order valence-electron chi connectivity index (χ1n) is 3.95. The Kier molecular flexibility index (Phi) is 3.20. The van der Waals surface area contributed by atoms with Gasteiger partial charge >= 0.3 is 0 Å². The highest BCUT2D eigenvalue weighted by Gasteiger charge is 2.04. The van der Waals surface area contributed by atoms with Gasteiger partial charge in [0.15, 0.2) is 4.34 Å². The summed E-state index contributed by atoms with van der Waals surface area (Å²) in [7, 11) is 0. The molecule has 2 aromatic rings. The van der Waals surface area contributed by atoms with E-state index < -0.39 is 0 Å². The standard InChI is InChI=1S/C9H7BrN2S2/c1-6-5-13-9(12-6)14-8-2-3-11-4-7(8)10/h2-5H,1H3. The van der Waals surface area contributed by atoms with Crippen LogP contribution in [0.1, 0.15) is 5.69 Å². The summed E-state index contributed by atoms with van der Waals surface area (Å²) in [6, 6.07) is 1.98. The molecule has 0 amide bonds. The van der Waals surface area contributed by atoms with Crippen molar-refractivity contribution in [1.29, 1.82) is 0 Å². The Bertz CT molecular complexity index is 442. The molecule has 2 nitrogen and oxygen atoms in total. The molecule has 0 fully saturated rings. The molecule has 0 aromatic carbocycles. The molecule has 0 aliphatic rings. The number of aryl methyl sites for hydroxylation is 1. The lowest BCUT2D eigenvalue weighted by molar-refractivity contribution is 1.15. The molecule has 5 heteroatoms. The zero-order valence-corrected chi connectivity index (χ0v) is 10.6. The van der Waals surface area contributed by atoms with Crippen LogP contribution in [0.3, 0.4) is 0 Å². The number of hydrogen-bond donors (Lipinski definition) is 0. The van der Waals surface area contributed by atoms with E-state index in [1.54, 1.807) is 35.5 Å². The third-order valence-electron chi connectivity index (χ3n) is 1.53. The average molecular weight is 287 g/mol. The predicted molar refractivity (Wildman–Crippen MR) is 62.9 cm³/mol. The number of pyridine rings is 1. The fourth-order valence-corrected chi connectivity index (χ4v) is 3.20. The van der Waals surface area contributed by atoms with Gasteiger partial charge in [0.1, 0.15) is 0 Å². The van der Waals surface area contributed by atoms with Crippen LogP contribution in [-0.4, -0.2) is 9.97 Å². The highest BCUT2D eigenvalue weighted by atomic mass is 79.9. The first-order chi connectivity index (χ1) is 6.75. The first kappa shape index (κ1) is 10.1. The van der Waals surface area contributed by atoms with Crippen LogP contribution >= 0.6 is 39.0 Å². The Balaban J connectivity index is 2.23. The molecule has 0 atom stereocenters. The second-order valence-corrected chi connectivity index (χ2v) is 5.66. The normalized spacial score (nSPS) is 10.4. The van der Waals surface area contributed by atoms with Crippen molar-refractivity contribution in [3.8, 4) is 0 Å². The molecule has 0 bridgehead atoms. The van der Waals surface area contributed by atoms with Crippen LogP contribution in [0.2, 0.25) is 0 Å². The van der Waals surface area contributed by atoms with E-state index in [2.05, 4.69) is 31.3 Å². The third-order valence-corrected chi connectivity index (χ3v) is 4.56. The van der Waals surface area contributed by atoms with E-state index in [9.17, 15) is 0 Å². The summed E-state index contributed by atoms with van der Waals surface area (Å²) >= 11 is 6.77. The van der Waals surface area contributed by atoms with Crippen molar-refractivity contribution in [2.24, 2.45) is 0 Å². The van der Waals surface area contributed by atoms with Crippen LogP contribution in [0.15, 0.2) is 37.5 Å². The summed E-state index contributed by atoms with van der Waals surface area (Å²) in [6.45, 7) is 2.00. The summed E-state index contributed by atoms with van der Waals surface area (Å²) in [5.41, 5.74) is 1.07. The maximum Gasteiger partial charge on any atom is 0.154 e. The molecular weight excluding hydrogens is 280 g/mol. The molecule has 0 unspecified atom stereocenters. The monoisotopic (exact) mass is 286 g/mol. The second-order valence-electron chi connectivity index (χ2n) is 2.66. The van der Waals surface area contributed by atoms with Crippen molar-refractivity contribution in [3.63, 3.8) is 0 Å². The van der Waals surface area contributed by atoms with Crippen LogP contribution in [0, 0.1) is 6.92 Å². The maximum absolute atomic E-state index is 4.39. The molecule has 14 heavy (non-hydrogen) atoms. The predicted octanol–water partition coefficient (Wildman–Crippen LogP) is 3.76. The number of rotatable bonds is 2. The van der Waals surface area contributed by atoms with Crippen molar-refractivity contribution < 1.29 is 0 Å². The SMILES string of the molecule is Cc1csc(Sc2ccncc2Br)n1. The van der Waals surface area contributed by atoms with Gasteiger partial charge in [0, 0.05) is 32.8 Å². The summed E-state index contributed by atoms with van der Waals surface area (Å²) < 4.78 is 2.08. The lowest BCUT2D eigenvalue weighted by Gasteiger charge is -1.98. The van der Waals surface area contributed by atoms with Crippen LogP contribution in [0.5, 0.6) is 0 Å². The highest BCUT2D eigenvalue weighted by Crippen LogP contribution is 2.34. The smallest absolute Gasteiger partial charge is 0.154 e. The Morgan fingerprint density at radius 2 is 2.36 bits per heavy atom. The van der Waals surface area contributed by atoms with Gasteiger partial charge in [-0.15, -0.1) is 11.3 Å². The van der Waals surface area contributed by atoms with Gasteiger partial charge in [0.25, 0.3) is 0 Å². The minimum absolute atomic E-state index is 1.01. The highest BCUT2D eigenvalue weighted by molar-refractivity contribution is 9.10. The van der Waals surface area contributed by atoms with Gasteiger partial charge in [-0.3, -0.25) is 4.98 Å². The van der Waals surface area contributed by atoms with Gasteiger partial charge in [-0.25, -0.2) is 4.98 Å². The molecule has 0 saturated heterocycles. The van der Waals surface area contributed by atoms with Crippen molar-refractivity contribution in [2.75, 3.05) is 0 Å². The Morgan fingerprint density at radius 3 is 3.00 bits per heavy atom. The minimum atomic E-state index is 1.01. The van der Waals surface area contributed by atoms with Crippen LogP contribution in [0.4, 0.5) is 0 Å². The van der Waals surface area contributed by atoms with Crippen molar-refractivity contribution in [2.45, 2.75) is 16.2 Å². The van der Waals surface area contributed by atoms with E-state index >= 15 is 0 Å². The Morgan fingerprint density at radius 1 is 1.50 bits per heavy atom. The molecule has 0 aliphatic heterocycles. The van der Waals surface area contributed by atoms with Crippen molar-refractivity contribution in [1.82, 2.24) is 9.97 Å². The van der Waals surface area contributed by atoms with E-state index in [-0.39, 0.29) is 0 Å². The van der Waals surface area contributed by atoms with E-state index in [1.165, 1.54) is 0 Å². The molecule has 2 aromatic heterocycles. The minimum Gasteiger partial charge on any atom is -0.263 e. The van der Waals surface area contributed by atoms with Gasteiger partial charge in [0.2, 0.25) is 0 Å². The average Bonchev–Trinajstić information content (AvgIpc) is 2.56. The third kappa shape index (κ3) is 2.34. The fraction of sp³-hybridized carbons (Fsp3) is 0.111. The Labute approximate surface area is 98.9 Å². The lowest BCUT2D eigenvalue weighted by Crippen LogP contribution is -1.77. The number of thiazole rings is 1. The molecule has 72 valence electrons. The fourth-order valence-electron chi connectivity index (χ4n) is 0.919. The number of nitrogens with zero attached hydrogens (tertiary/aromatic N) is 2. The lowest BCUT2D eigenvalue weighted by atomic mass is 10.5. The molecular formula is C9H7BrN2S2. The summed E-state index contributed by atoms with van der Waals surface area (Å²) in [5.74, 6) is 0. The quantitative estimate of drug-likeness (QED) is 0.841. The van der Waals surface area contributed by atoms with Gasteiger partial charge in [0.05, 0.1) is 0 Å². The number of halogens is 1. The number of aromatic nitrogens is 2.